The third-order valence-electron chi connectivity index (χ3n) is 3.96. The number of carbonyl (C=O) groups excluding carboxylic acids is 1. The summed E-state index contributed by atoms with van der Waals surface area (Å²) in [6.07, 6.45) is 5.37. The Labute approximate surface area is 140 Å². The number of aromatic nitrogens is 2. The number of aryl methyl sites for hydroxylation is 1. The highest BCUT2D eigenvalue weighted by Crippen LogP contribution is 2.16. The first-order valence-electron chi connectivity index (χ1n) is 7.76. The van der Waals surface area contributed by atoms with E-state index >= 15 is 0 Å². The summed E-state index contributed by atoms with van der Waals surface area (Å²) >= 11 is 5.77. The third kappa shape index (κ3) is 4.42. The van der Waals surface area contributed by atoms with E-state index < -0.39 is 0 Å². The first kappa shape index (κ1) is 15.7. The lowest BCUT2D eigenvalue weighted by Crippen LogP contribution is -2.32. The number of rotatable bonds is 5. The highest BCUT2D eigenvalue weighted by molar-refractivity contribution is 6.30. The van der Waals surface area contributed by atoms with Crippen LogP contribution in [-0.4, -0.2) is 39.9 Å². The summed E-state index contributed by atoms with van der Waals surface area (Å²) in [5.41, 5.74) is 1.20. The molecule has 23 heavy (non-hydrogen) atoms. The smallest absolute Gasteiger partial charge is 0.222 e. The van der Waals surface area contributed by atoms with E-state index in [0.29, 0.717) is 23.9 Å². The Morgan fingerprint density at radius 3 is 2.74 bits per heavy atom. The maximum absolute atomic E-state index is 12.3. The lowest BCUT2D eigenvalue weighted by molar-refractivity contribution is -0.130. The van der Waals surface area contributed by atoms with E-state index in [-0.39, 0.29) is 11.9 Å². The molecule has 2 aromatic rings. The van der Waals surface area contributed by atoms with Crippen LogP contribution >= 0.6 is 11.6 Å². The predicted molar refractivity (Wildman–Crippen MR) is 90.4 cm³/mol. The Balaban J connectivity index is 1.47. The molecule has 1 fully saturated rings. The molecule has 0 spiro atoms. The van der Waals surface area contributed by atoms with Gasteiger partial charge in [-0.05, 0) is 18.4 Å². The van der Waals surface area contributed by atoms with Crippen molar-refractivity contribution < 1.29 is 4.79 Å². The van der Waals surface area contributed by atoms with Crippen LogP contribution in [-0.2, 0) is 11.2 Å². The van der Waals surface area contributed by atoms with Gasteiger partial charge in [0.1, 0.15) is 0 Å². The molecule has 0 aliphatic carbocycles. The van der Waals surface area contributed by atoms with Gasteiger partial charge in [0.15, 0.2) is 0 Å². The SMILES string of the molecule is O=C(CCc1ccccc1)N1CC[C@@H](Nc2ncc(Cl)cn2)C1. The minimum atomic E-state index is 0.192. The van der Waals surface area contributed by atoms with Crippen LogP contribution in [0.3, 0.4) is 0 Å². The molecule has 1 amide bonds. The maximum Gasteiger partial charge on any atom is 0.222 e. The Kier molecular flexibility index (Phi) is 5.08. The number of hydrogen-bond acceptors (Lipinski definition) is 4. The molecular weight excluding hydrogens is 312 g/mol. The molecule has 1 N–H and O–H groups in total. The molecule has 3 rings (SSSR count). The molecule has 120 valence electrons. The third-order valence-corrected chi connectivity index (χ3v) is 4.16. The van der Waals surface area contributed by atoms with Crippen molar-refractivity contribution in [2.24, 2.45) is 0 Å². The molecule has 1 saturated heterocycles. The molecule has 0 unspecified atom stereocenters. The monoisotopic (exact) mass is 330 g/mol. The zero-order chi connectivity index (χ0) is 16.1. The Hall–Kier alpha value is -2.14. The van der Waals surface area contributed by atoms with Gasteiger partial charge in [0, 0.05) is 25.6 Å². The second-order valence-electron chi connectivity index (χ2n) is 5.68. The van der Waals surface area contributed by atoms with Crippen molar-refractivity contribution in [3.05, 3.63) is 53.3 Å². The summed E-state index contributed by atoms with van der Waals surface area (Å²) in [6.45, 7) is 1.47. The van der Waals surface area contributed by atoms with E-state index in [1.807, 2.05) is 23.1 Å². The highest BCUT2D eigenvalue weighted by atomic mass is 35.5. The summed E-state index contributed by atoms with van der Waals surface area (Å²) in [6, 6.07) is 10.3. The molecular formula is C17H19ClN4O. The molecule has 1 aliphatic heterocycles. The van der Waals surface area contributed by atoms with E-state index in [1.165, 1.54) is 5.56 Å². The number of amides is 1. The number of halogens is 1. The molecule has 2 heterocycles. The van der Waals surface area contributed by atoms with Crippen molar-refractivity contribution in [3.8, 4) is 0 Å². The number of benzene rings is 1. The van der Waals surface area contributed by atoms with E-state index in [0.717, 1.165) is 19.4 Å². The van der Waals surface area contributed by atoms with Crippen molar-refractivity contribution in [1.29, 1.82) is 0 Å². The van der Waals surface area contributed by atoms with Gasteiger partial charge < -0.3 is 10.2 Å². The number of nitrogens with one attached hydrogen (secondary N) is 1. The fraction of sp³-hybridized carbons (Fsp3) is 0.353. The lowest BCUT2D eigenvalue weighted by atomic mass is 10.1. The van der Waals surface area contributed by atoms with Crippen LogP contribution in [0.2, 0.25) is 5.02 Å². The second-order valence-corrected chi connectivity index (χ2v) is 6.12. The average molecular weight is 331 g/mol. The topological polar surface area (TPSA) is 58.1 Å². The lowest BCUT2D eigenvalue weighted by Gasteiger charge is -2.17. The molecule has 6 heteroatoms. The van der Waals surface area contributed by atoms with Gasteiger partial charge >= 0.3 is 0 Å². The van der Waals surface area contributed by atoms with Gasteiger partial charge in [0.05, 0.1) is 17.4 Å². The fourth-order valence-electron chi connectivity index (χ4n) is 2.73. The van der Waals surface area contributed by atoms with E-state index in [9.17, 15) is 4.79 Å². The molecule has 5 nitrogen and oxygen atoms in total. The maximum atomic E-state index is 12.3. The van der Waals surface area contributed by atoms with Gasteiger partial charge in [0.2, 0.25) is 11.9 Å². The van der Waals surface area contributed by atoms with Crippen LogP contribution < -0.4 is 5.32 Å². The van der Waals surface area contributed by atoms with E-state index in [2.05, 4.69) is 27.4 Å². The van der Waals surface area contributed by atoms with Gasteiger partial charge in [-0.25, -0.2) is 9.97 Å². The Bertz CT molecular complexity index is 647. The quantitative estimate of drug-likeness (QED) is 0.916. The van der Waals surface area contributed by atoms with Gasteiger partial charge in [-0.15, -0.1) is 0 Å². The summed E-state index contributed by atoms with van der Waals surface area (Å²) in [5.74, 6) is 0.758. The number of anilines is 1. The average Bonchev–Trinajstić information content (AvgIpc) is 3.04. The minimum absolute atomic E-state index is 0.192. The van der Waals surface area contributed by atoms with Crippen LogP contribution in [0.5, 0.6) is 0 Å². The molecule has 1 aliphatic rings. The summed E-state index contributed by atoms with van der Waals surface area (Å²) < 4.78 is 0. The molecule has 1 aromatic carbocycles. The predicted octanol–water partition coefficient (Wildman–Crippen LogP) is 2.78. The Morgan fingerprint density at radius 2 is 2.00 bits per heavy atom. The Morgan fingerprint density at radius 1 is 1.26 bits per heavy atom. The number of nitrogens with zero attached hydrogens (tertiary/aromatic N) is 3. The standard InChI is InChI=1S/C17H19ClN4O/c18-14-10-19-17(20-11-14)21-15-8-9-22(12-15)16(23)7-6-13-4-2-1-3-5-13/h1-5,10-11,15H,6-9,12H2,(H,19,20,21)/t15-/m1/s1. The normalized spacial score (nSPS) is 17.3. The van der Waals surface area contributed by atoms with Crippen LogP contribution in [0.25, 0.3) is 0 Å². The molecule has 1 atom stereocenters. The second kappa shape index (κ2) is 7.42. The minimum Gasteiger partial charge on any atom is -0.350 e. The first-order chi connectivity index (χ1) is 11.2. The zero-order valence-corrected chi connectivity index (χ0v) is 13.5. The van der Waals surface area contributed by atoms with Gasteiger partial charge in [-0.3, -0.25) is 4.79 Å². The molecule has 0 radical (unpaired) electrons. The molecule has 1 aromatic heterocycles. The zero-order valence-electron chi connectivity index (χ0n) is 12.8. The first-order valence-corrected chi connectivity index (χ1v) is 8.14. The fourth-order valence-corrected chi connectivity index (χ4v) is 2.83. The highest BCUT2D eigenvalue weighted by Gasteiger charge is 2.26. The summed E-state index contributed by atoms with van der Waals surface area (Å²) in [7, 11) is 0. The van der Waals surface area contributed by atoms with Crippen molar-refractivity contribution in [2.75, 3.05) is 18.4 Å². The number of likely N-dealkylation sites (tertiary alicyclic amines) is 1. The summed E-state index contributed by atoms with van der Waals surface area (Å²) in [5, 5.41) is 3.77. The van der Waals surface area contributed by atoms with Crippen LogP contribution in [0.15, 0.2) is 42.7 Å². The van der Waals surface area contributed by atoms with Crippen LogP contribution in [0.1, 0.15) is 18.4 Å². The van der Waals surface area contributed by atoms with Gasteiger partial charge in [-0.2, -0.15) is 0 Å². The van der Waals surface area contributed by atoms with Crippen molar-refractivity contribution in [1.82, 2.24) is 14.9 Å². The van der Waals surface area contributed by atoms with E-state index in [1.54, 1.807) is 12.4 Å². The van der Waals surface area contributed by atoms with E-state index in [4.69, 9.17) is 11.6 Å². The van der Waals surface area contributed by atoms with Crippen molar-refractivity contribution in [2.45, 2.75) is 25.3 Å². The number of carbonyl (C=O) groups is 1. The van der Waals surface area contributed by atoms with Crippen molar-refractivity contribution in [3.63, 3.8) is 0 Å². The van der Waals surface area contributed by atoms with Gasteiger partial charge in [-0.1, -0.05) is 41.9 Å². The van der Waals surface area contributed by atoms with Gasteiger partial charge in [0.25, 0.3) is 0 Å². The van der Waals surface area contributed by atoms with Crippen molar-refractivity contribution >= 4 is 23.5 Å². The molecule has 0 bridgehead atoms. The van der Waals surface area contributed by atoms with Crippen LogP contribution in [0, 0.1) is 0 Å². The summed E-state index contributed by atoms with van der Waals surface area (Å²) in [4.78, 5) is 22.5. The van der Waals surface area contributed by atoms with Crippen LogP contribution in [0.4, 0.5) is 5.95 Å². The molecule has 0 saturated carbocycles. The largest absolute Gasteiger partial charge is 0.350 e. The number of hydrogen-bond donors (Lipinski definition) is 1.